The van der Waals surface area contributed by atoms with Crippen molar-refractivity contribution >= 4 is 11.9 Å². The summed E-state index contributed by atoms with van der Waals surface area (Å²) >= 11 is 0. The van der Waals surface area contributed by atoms with Crippen molar-refractivity contribution in [1.29, 1.82) is 0 Å². The highest BCUT2D eigenvalue weighted by atomic mass is 16.4. The third kappa shape index (κ3) is 2.56. The zero-order chi connectivity index (χ0) is 11.4. The van der Waals surface area contributed by atoms with Crippen LogP contribution in [0, 0.1) is 6.92 Å². The van der Waals surface area contributed by atoms with E-state index < -0.39 is 11.9 Å². The predicted octanol–water partition coefficient (Wildman–Crippen LogP) is 1.85. The highest BCUT2D eigenvalue weighted by Crippen LogP contribution is 2.13. The molecule has 0 fully saturated rings. The Morgan fingerprint density at radius 3 is 2.20 bits per heavy atom. The monoisotopic (exact) mass is 207 g/mol. The summed E-state index contributed by atoms with van der Waals surface area (Å²) in [5.74, 6) is -2.45. The van der Waals surface area contributed by atoms with Gasteiger partial charge in [-0.15, -0.1) is 0 Å². The first-order valence-corrected chi connectivity index (χ1v) is 4.45. The van der Waals surface area contributed by atoms with Gasteiger partial charge in [0.15, 0.2) is 0 Å². The Morgan fingerprint density at radius 1 is 1.13 bits per heavy atom. The van der Waals surface area contributed by atoms with E-state index in [1.54, 1.807) is 6.07 Å². The number of hydrogen-bond acceptors (Lipinski definition) is 2. The Morgan fingerprint density at radius 2 is 1.73 bits per heavy atom. The van der Waals surface area contributed by atoms with Crippen molar-refractivity contribution in [2.45, 2.75) is 12.8 Å². The Bertz CT molecular complexity index is 396. The number of hydrogen-bond donors (Lipinski definition) is 2. The van der Waals surface area contributed by atoms with Crippen molar-refractivity contribution in [3.8, 4) is 0 Å². The first kappa shape index (κ1) is 11.2. The van der Waals surface area contributed by atoms with Gasteiger partial charge in [-0.1, -0.05) is 13.0 Å². The summed E-state index contributed by atoms with van der Waals surface area (Å²) in [7, 11) is 0. The zero-order valence-corrected chi connectivity index (χ0v) is 8.06. The fourth-order valence-electron chi connectivity index (χ4n) is 1.31. The van der Waals surface area contributed by atoms with Gasteiger partial charge >= 0.3 is 11.9 Å². The number of carbonyl (C=O) groups is 2. The minimum Gasteiger partial charge on any atom is -0.478 e. The van der Waals surface area contributed by atoms with Crippen molar-refractivity contribution in [3.63, 3.8) is 0 Å². The van der Waals surface area contributed by atoms with Crippen LogP contribution in [0.25, 0.3) is 0 Å². The molecule has 0 saturated heterocycles. The molecule has 0 heterocycles. The maximum Gasteiger partial charge on any atom is 0.336 e. The van der Waals surface area contributed by atoms with E-state index in [-0.39, 0.29) is 11.1 Å². The van der Waals surface area contributed by atoms with Crippen LogP contribution in [0.15, 0.2) is 18.2 Å². The van der Waals surface area contributed by atoms with Crippen LogP contribution in [0.4, 0.5) is 0 Å². The van der Waals surface area contributed by atoms with Crippen molar-refractivity contribution in [2.75, 3.05) is 0 Å². The molecule has 0 atom stereocenters. The molecule has 1 aromatic rings. The van der Waals surface area contributed by atoms with Crippen LogP contribution < -0.4 is 0 Å². The SMILES string of the molecule is [CH2]CCc1ccc(C(=O)O)c(C(=O)O)c1. The molecule has 0 aliphatic rings. The van der Waals surface area contributed by atoms with Crippen LogP contribution in [0.1, 0.15) is 32.7 Å². The lowest BCUT2D eigenvalue weighted by Crippen LogP contribution is -2.08. The number of rotatable bonds is 4. The number of carboxylic acids is 2. The Kier molecular flexibility index (Phi) is 3.44. The molecule has 2 N–H and O–H groups in total. The van der Waals surface area contributed by atoms with Gasteiger partial charge in [0, 0.05) is 0 Å². The topological polar surface area (TPSA) is 74.6 Å². The second kappa shape index (κ2) is 4.59. The molecule has 0 saturated carbocycles. The zero-order valence-electron chi connectivity index (χ0n) is 8.06. The summed E-state index contributed by atoms with van der Waals surface area (Å²) in [5.41, 5.74) is 0.427. The molecule has 1 rings (SSSR count). The fourth-order valence-corrected chi connectivity index (χ4v) is 1.31. The normalized spacial score (nSPS) is 9.93. The molecule has 4 nitrogen and oxygen atoms in total. The van der Waals surface area contributed by atoms with Gasteiger partial charge in [-0.25, -0.2) is 9.59 Å². The Labute approximate surface area is 87.2 Å². The molecule has 0 bridgehead atoms. The summed E-state index contributed by atoms with van der Waals surface area (Å²) in [4.78, 5) is 21.5. The van der Waals surface area contributed by atoms with E-state index in [0.29, 0.717) is 12.8 Å². The Hall–Kier alpha value is -1.84. The van der Waals surface area contributed by atoms with E-state index in [9.17, 15) is 9.59 Å². The third-order valence-electron chi connectivity index (χ3n) is 2.01. The minimum absolute atomic E-state index is 0.173. The predicted molar refractivity (Wildman–Crippen MR) is 54.0 cm³/mol. The quantitative estimate of drug-likeness (QED) is 0.790. The van der Waals surface area contributed by atoms with Crippen LogP contribution in [0.5, 0.6) is 0 Å². The smallest absolute Gasteiger partial charge is 0.336 e. The molecule has 0 unspecified atom stereocenters. The Balaban J connectivity index is 3.21. The summed E-state index contributed by atoms with van der Waals surface area (Å²) in [5, 5.41) is 17.6. The van der Waals surface area contributed by atoms with Gasteiger partial charge in [0.1, 0.15) is 0 Å². The molecule has 0 aromatic heterocycles. The lowest BCUT2D eigenvalue weighted by Gasteiger charge is -2.04. The van der Waals surface area contributed by atoms with Crippen molar-refractivity contribution in [3.05, 3.63) is 41.8 Å². The number of aromatic carboxylic acids is 2. The minimum atomic E-state index is -1.23. The highest BCUT2D eigenvalue weighted by Gasteiger charge is 2.15. The molecule has 0 aliphatic heterocycles. The molecule has 1 radical (unpaired) electrons. The molecule has 0 spiro atoms. The van der Waals surface area contributed by atoms with Crippen molar-refractivity contribution in [2.24, 2.45) is 0 Å². The van der Waals surface area contributed by atoms with Gasteiger partial charge in [-0.05, 0) is 30.5 Å². The summed E-state index contributed by atoms with van der Waals surface area (Å²) < 4.78 is 0. The highest BCUT2D eigenvalue weighted by molar-refractivity contribution is 6.01. The van der Waals surface area contributed by atoms with E-state index in [2.05, 4.69) is 6.92 Å². The molecule has 0 amide bonds. The summed E-state index contributed by atoms with van der Waals surface area (Å²) in [6.45, 7) is 3.65. The second-order valence-corrected chi connectivity index (χ2v) is 3.09. The average Bonchev–Trinajstić information content (AvgIpc) is 2.17. The van der Waals surface area contributed by atoms with Crippen LogP contribution in [-0.2, 0) is 6.42 Å². The molecule has 15 heavy (non-hydrogen) atoms. The molecule has 1 aromatic carbocycles. The van der Waals surface area contributed by atoms with Gasteiger partial charge in [0.2, 0.25) is 0 Å². The molecule has 0 aliphatic carbocycles. The fraction of sp³-hybridized carbons (Fsp3) is 0.182. The van der Waals surface area contributed by atoms with Crippen LogP contribution in [0.2, 0.25) is 0 Å². The first-order valence-electron chi connectivity index (χ1n) is 4.45. The molecular weight excluding hydrogens is 196 g/mol. The maximum atomic E-state index is 10.8. The lowest BCUT2D eigenvalue weighted by molar-refractivity contribution is 0.0651. The molecule has 4 heteroatoms. The summed E-state index contributed by atoms with van der Waals surface area (Å²) in [6, 6.07) is 4.31. The average molecular weight is 207 g/mol. The van der Waals surface area contributed by atoms with Crippen LogP contribution in [0.3, 0.4) is 0 Å². The first-order chi connectivity index (χ1) is 7.06. The largest absolute Gasteiger partial charge is 0.478 e. The van der Waals surface area contributed by atoms with Gasteiger partial charge in [0.05, 0.1) is 11.1 Å². The number of carboxylic acid groups (broad SMARTS) is 2. The number of benzene rings is 1. The summed E-state index contributed by atoms with van der Waals surface area (Å²) in [6.07, 6.45) is 1.28. The van der Waals surface area contributed by atoms with E-state index in [1.807, 2.05) is 0 Å². The second-order valence-electron chi connectivity index (χ2n) is 3.09. The van der Waals surface area contributed by atoms with Gasteiger partial charge in [-0.3, -0.25) is 0 Å². The van der Waals surface area contributed by atoms with Crippen molar-refractivity contribution in [1.82, 2.24) is 0 Å². The number of aryl methyl sites for hydroxylation is 1. The lowest BCUT2D eigenvalue weighted by atomic mass is 10.0. The van der Waals surface area contributed by atoms with Crippen LogP contribution >= 0.6 is 0 Å². The van der Waals surface area contributed by atoms with E-state index in [4.69, 9.17) is 10.2 Å². The van der Waals surface area contributed by atoms with E-state index in [0.717, 1.165) is 5.56 Å². The third-order valence-corrected chi connectivity index (χ3v) is 2.01. The van der Waals surface area contributed by atoms with Gasteiger partial charge in [-0.2, -0.15) is 0 Å². The maximum absolute atomic E-state index is 10.8. The van der Waals surface area contributed by atoms with Gasteiger partial charge < -0.3 is 10.2 Å². The standard InChI is InChI=1S/C11H11O4/c1-2-3-7-4-5-8(10(12)13)9(6-7)11(14)15/h4-6H,1-3H2,(H,12,13)(H,14,15). The molecule has 79 valence electrons. The van der Waals surface area contributed by atoms with Crippen molar-refractivity contribution < 1.29 is 19.8 Å². The van der Waals surface area contributed by atoms with E-state index >= 15 is 0 Å². The molecular formula is C11H11O4. The van der Waals surface area contributed by atoms with E-state index in [1.165, 1.54) is 12.1 Å². The van der Waals surface area contributed by atoms with Crippen LogP contribution in [-0.4, -0.2) is 22.2 Å². The van der Waals surface area contributed by atoms with Gasteiger partial charge in [0.25, 0.3) is 0 Å².